The number of nitrogens with one attached hydrogen (secondary N) is 1. The molecule has 0 aliphatic rings. The van der Waals surface area contributed by atoms with Gasteiger partial charge in [0, 0.05) is 12.1 Å². The predicted molar refractivity (Wildman–Crippen MR) is 95.2 cm³/mol. The molecule has 0 bridgehead atoms. The number of ether oxygens (including phenoxy) is 1. The van der Waals surface area contributed by atoms with Gasteiger partial charge in [-0.1, -0.05) is 12.1 Å². The fourth-order valence-electron chi connectivity index (χ4n) is 2.29. The van der Waals surface area contributed by atoms with Crippen molar-refractivity contribution in [3.8, 4) is 17.6 Å². The molecule has 0 aliphatic carbocycles. The van der Waals surface area contributed by atoms with Gasteiger partial charge in [-0.3, -0.25) is 4.79 Å². The second kappa shape index (κ2) is 7.95. The normalized spacial score (nSPS) is 10.0. The standard InChI is InChI=1S/C21H15FN2O2/c22-18-7-11-20(12-8-18)26-19-9-3-16(4-10-19)14-24-21(25)17-5-1-15(13-23)2-6-17/h1-12H,14H2,(H,24,25). The molecular weight excluding hydrogens is 331 g/mol. The second-order valence-electron chi connectivity index (χ2n) is 5.57. The molecule has 3 rings (SSSR count). The molecule has 128 valence electrons. The number of hydrogen-bond donors (Lipinski definition) is 1. The SMILES string of the molecule is N#Cc1ccc(C(=O)NCc2ccc(Oc3ccc(F)cc3)cc2)cc1. The van der Waals surface area contributed by atoms with Gasteiger partial charge in [0.2, 0.25) is 0 Å². The van der Waals surface area contributed by atoms with E-state index in [1.807, 2.05) is 18.2 Å². The third-order valence-electron chi connectivity index (χ3n) is 3.70. The second-order valence-corrected chi connectivity index (χ2v) is 5.57. The first-order valence-corrected chi connectivity index (χ1v) is 7.95. The van der Waals surface area contributed by atoms with E-state index in [9.17, 15) is 9.18 Å². The summed E-state index contributed by atoms with van der Waals surface area (Å²) < 4.78 is 18.5. The summed E-state index contributed by atoms with van der Waals surface area (Å²) >= 11 is 0. The van der Waals surface area contributed by atoms with Crippen molar-refractivity contribution in [1.29, 1.82) is 5.26 Å². The van der Waals surface area contributed by atoms with E-state index in [-0.39, 0.29) is 11.7 Å². The van der Waals surface area contributed by atoms with Crippen LogP contribution in [0, 0.1) is 17.1 Å². The molecule has 0 unspecified atom stereocenters. The average molecular weight is 346 g/mol. The van der Waals surface area contributed by atoms with Crippen LogP contribution in [0.25, 0.3) is 0 Å². The molecule has 0 fully saturated rings. The lowest BCUT2D eigenvalue weighted by Gasteiger charge is -2.08. The zero-order chi connectivity index (χ0) is 18.4. The summed E-state index contributed by atoms with van der Waals surface area (Å²) in [5, 5.41) is 11.6. The van der Waals surface area contributed by atoms with Crippen molar-refractivity contribution in [1.82, 2.24) is 5.32 Å². The van der Waals surface area contributed by atoms with Crippen LogP contribution in [0.3, 0.4) is 0 Å². The highest BCUT2D eigenvalue weighted by Gasteiger charge is 2.05. The van der Waals surface area contributed by atoms with Crippen LogP contribution < -0.4 is 10.1 Å². The molecule has 0 saturated heterocycles. The number of carbonyl (C=O) groups excluding carboxylic acids is 1. The maximum atomic E-state index is 12.9. The molecule has 1 N–H and O–H groups in total. The Bertz CT molecular complexity index is 928. The first kappa shape index (κ1) is 17.2. The summed E-state index contributed by atoms with van der Waals surface area (Å²) in [5.41, 5.74) is 1.93. The maximum absolute atomic E-state index is 12.9. The molecule has 1 amide bonds. The van der Waals surface area contributed by atoms with Gasteiger partial charge in [0.05, 0.1) is 11.6 Å². The van der Waals surface area contributed by atoms with Crippen LogP contribution in [0.15, 0.2) is 72.8 Å². The number of amides is 1. The van der Waals surface area contributed by atoms with Gasteiger partial charge >= 0.3 is 0 Å². The monoisotopic (exact) mass is 346 g/mol. The van der Waals surface area contributed by atoms with Crippen molar-refractivity contribution in [2.24, 2.45) is 0 Å². The summed E-state index contributed by atoms with van der Waals surface area (Å²) in [5.74, 6) is 0.652. The summed E-state index contributed by atoms with van der Waals surface area (Å²) in [6.07, 6.45) is 0. The molecule has 3 aromatic carbocycles. The molecular formula is C21H15FN2O2. The van der Waals surface area contributed by atoms with Crippen LogP contribution >= 0.6 is 0 Å². The lowest BCUT2D eigenvalue weighted by Crippen LogP contribution is -2.22. The van der Waals surface area contributed by atoms with E-state index in [0.717, 1.165) is 5.56 Å². The van der Waals surface area contributed by atoms with Crippen molar-refractivity contribution in [2.75, 3.05) is 0 Å². The van der Waals surface area contributed by atoms with Crippen LogP contribution in [-0.2, 0) is 6.54 Å². The van der Waals surface area contributed by atoms with E-state index < -0.39 is 0 Å². The number of halogens is 1. The highest BCUT2D eigenvalue weighted by molar-refractivity contribution is 5.94. The third-order valence-corrected chi connectivity index (χ3v) is 3.70. The number of rotatable bonds is 5. The third kappa shape index (κ3) is 4.46. The number of nitriles is 1. The van der Waals surface area contributed by atoms with Crippen molar-refractivity contribution in [2.45, 2.75) is 6.54 Å². The minimum absolute atomic E-state index is 0.207. The lowest BCUT2D eigenvalue weighted by molar-refractivity contribution is 0.0951. The Morgan fingerprint density at radius 3 is 2.08 bits per heavy atom. The molecule has 0 saturated carbocycles. The zero-order valence-corrected chi connectivity index (χ0v) is 13.8. The van der Waals surface area contributed by atoms with Gasteiger partial charge in [-0.05, 0) is 66.2 Å². The maximum Gasteiger partial charge on any atom is 0.251 e. The van der Waals surface area contributed by atoms with E-state index >= 15 is 0 Å². The van der Waals surface area contributed by atoms with Gasteiger partial charge in [0.15, 0.2) is 0 Å². The Hall–Kier alpha value is -3.65. The summed E-state index contributed by atoms with van der Waals surface area (Å²) in [4.78, 5) is 12.1. The fourth-order valence-corrected chi connectivity index (χ4v) is 2.29. The fraction of sp³-hybridized carbons (Fsp3) is 0.0476. The molecule has 0 heterocycles. The Balaban J connectivity index is 1.56. The topological polar surface area (TPSA) is 62.1 Å². The lowest BCUT2D eigenvalue weighted by atomic mass is 10.1. The van der Waals surface area contributed by atoms with Crippen molar-refractivity contribution < 1.29 is 13.9 Å². The minimum Gasteiger partial charge on any atom is -0.457 e. The molecule has 4 nitrogen and oxygen atoms in total. The van der Waals surface area contributed by atoms with Gasteiger partial charge < -0.3 is 10.1 Å². The smallest absolute Gasteiger partial charge is 0.251 e. The van der Waals surface area contributed by atoms with Gasteiger partial charge in [-0.2, -0.15) is 5.26 Å². The largest absolute Gasteiger partial charge is 0.457 e. The van der Waals surface area contributed by atoms with Crippen LogP contribution in [0.1, 0.15) is 21.5 Å². The van der Waals surface area contributed by atoms with E-state index in [1.54, 1.807) is 48.5 Å². The quantitative estimate of drug-likeness (QED) is 0.744. The van der Waals surface area contributed by atoms with Crippen molar-refractivity contribution >= 4 is 5.91 Å². The molecule has 0 aromatic heterocycles. The van der Waals surface area contributed by atoms with E-state index in [4.69, 9.17) is 10.00 Å². The Kier molecular flexibility index (Phi) is 5.25. The van der Waals surface area contributed by atoms with Crippen LogP contribution in [0.2, 0.25) is 0 Å². The first-order valence-electron chi connectivity index (χ1n) is 7.95. The molecule has 5 heteroatoms. The van der Waals surface area contributed by atoms with Crippen LogP contribution in [0.4, 0.5) is 4.39 Å². The van der Waals surface area contributed by atoms with Gasteiger partial charge in [-0.15, -0.1) is 0 Å². The molecule has 3 aromatic rings. The number of carbonyl (C=O) groups is 1. The molecule has 0 radical (unpaired) electrons. The number of nitrogens with zero attached hydrogens (tertiary/aromatic N) is 1. The molecule has 0 aliphatic heterocycles. The zero-order valence-electron chi connectivity index (χ0n) is 13.8. The summed E-state index contributed by atoms with van der Waals surface area (Å²) in [7, 11) is 0. The average Bonchev–Trinajstić information content (AvgIpc) is 2.69. The first-order chi connectivity index (χ1) is 12.6. The molecule has 0 atom stereocenters. The number of benzene rings is 3. The van der Waals surface area contributed by atoms with Crippen LogP contribution in [0.5, 0.6) is 11.5 Å². The van der Waals surface area contributed by atoms with Gasteiger partial charge in [-0.25, -0.2) is 4.39 Å². The summed E-state index contributed by atoms with van der Waals surface area (Å²) in [6.45, 7) is 0.371. The Morgan fingerprint density at radius 1 is 0.923 bits per heavy atom. The van der Waals surface area contributed by atoms with E-state index in [0.29, 0.717) is 29.2 Å². The number of hydrogen-bond acceptors (Lipinski definition) is 3. The molecule has 0 spiro atoms. The van der Waals surface area contributed by atoms with Crippen LogP contribution in [-0.4, -0.2) is 5.91 Å². The van der Waals surface area contributed by atoms with Gasteiger partial charge in [0.1, 0.15) is 17.3 Å². The van der Waals surface area contributed by atoms with Crippen molar-refractivity contribution in [3.05, 3.63) is 95.3 Å². The minimum atomic E-state index is -0.314. The highest BCUT2D eigenvalue weighted by atomic mass is 19.1. The predicted octanol–water partition coefficient (Wildman–Crippen LogP) is 4.42. The van der Waals surface area contributed by atoms with E-state index in [2.05, 4.69) is 5.32 Å². The summed E-state index contributed by atoms with van der Waals surface area (Å²) in [6, 6.07) is 21.5. The van der Waals surface area contributed by atoms with E-state index in [1.165, 1.54) is 12.1 Å². The highest BCUT2D eigenvalue weighted by Crippen LogP contribution is 2.21. The Labute approximate surface area is 150 Å². The Morgan fingerprint density at radius 2 is 1.50 bits per heavy atom. The molecule has 26 heavy (non-hydrogen) atoms. The van der Waals surface area contributed by atoms with Crippen molar-refractivity contribution in [3.63, 3.8) is 0 Å². The van der Waals surface area contributed by atoms with Gasteiger partial charge in [0.25, 0.3) is 5.91 Å².